The zero-order valence-electron chi connectivity index (χ0n) is 14.9. The molecule has 1 atom stereocenters. The van der Waals surface area contributed by atoms with Gasteiger partial charge in [-0.05, 0) is 60.2 Å². The third-order valence-corrected chi connectivity index (χ3v) is 5.59. The lowest BCUT2D eigenvalue weighted by Crippen LogP contribution is -2.24. The van der Waals surface area contributed by atoms with Gasteiger partial charge in [-0.15, -0.1) is 22.7 Å². The smallest absolute Gasteiger partial charge is 0.340 e. The number of esters is 1. The summed E-state index contributed by atoms with van der Waals surface area (Å²) in [5.41, 5.74) is 0.915. The lowest BCUT2D eigenvalue weighted by Gasteiger charge is -2.14. The highest BCUT2D eigenvalue weighted by atomic mass is 32.1. The Morgan fingerprint density at radius 2 is 1.70 bits per heavy atom. The Hall–Kier alpha value is -2.70. The molecule has 6 heteroatoms. The minimum atomic E-state index is -0.891. The summed E-state index contributed by atoms with van der Waals surface area (Å²) in [6.45, 7) is 1.58. The molecule has 3 aromatic rings. The lowest BCUT2D eigenvalue weighted by atomic mass is 10.1. The number of rotatable bonds is 7. The zero-order valence-corrected chi connectivity index (χ0v) is 16.5. The molecule has 0 bridgehead atoms. The first-order valence-corrected chi connectivity index (χ1v) is 10.0. The molecule has 0 aliphatic heterocycles. The van der Waals surface area contributed by atoms with Crippen molar-refractivity contribution in [2.75, 3.05) is 7.11 Å². The largest absolute Gasteiger partial charge is 0.497 e. The predicted molar refractivity (Wildman–Crippen MR) is 109 cm³/mol. The molecule has 4 nitrogen and oxygen atoms in total. The Bertz CT molecular complexity index is 923. The van der Waals surface area contributed by atoms with Crippen LogP contribution < -0.4 is 4.74 Å². The molecule has 0 spiro atoms. The average molecular weight is 399 g/mol. The van der Waals surface area contributed by atoms with E-state index >= 15 is 0 Å². The van der Waals surface area contributed by atoms with E-state index in [2.05, 4.69) is 0 Å². The Balaban J connectivity index is 1.77. The van der Waals surface area contributed by atoms with Crippen LogP contribution >= 0.6 is 22.7 Å². The number of hydrogen-bond acceptors (Lipinski definition) is 6. The van der Waals surface area contributed by atoms with E-state index in [4.69, 9.17) is 9.47 Å². The number of methoxy groups -OCH3 is 1. The molecule has 27 heavy (non-hydrogen) atoms. The van der Waals surface area contributed by atoms with Crippen LogP contribution in [0.3, 0.4) is 0 Å². The summed E-state index contributed by atoms with van der Waals surface area (Å²) in [4.78, 5) is 27.1. The first-order valence-electron chi connectivity index (χ1n) is 8.27. The topological polar surface area (TPSA) is 52.6 Å². The first kappa shape index (κ1) is 19.1. The number of hydrogen-bond donors (Lipinski definition) is 0. The van der Waals surface area contributed by atoms with E-state index < -0.39 is 12.1 Å². The summed E-state index contributed by atoms with van der Waals surface area (Å²) in [6, 6.07) is 14.3. The maximum atomic E-state index is 12.8. The third kappa shape index (κ3) is 4.72. The van der Waals surface area contributed by atoms with Gasteiger partial charge in [-0.1, -0.05) is 12.1 Å². The van der Waals surface area contributed by atoms with Crippen LogP contribution in [-0.4, -0.2) is 25.0 Å². The van der Waals surface area contributed by atoms with E-state index in [0.717, 1.165) is 9.75 Å². The van der Waals surface area contributed by atoms with Crippen LogP contribution in [0.4, 0.5) is 0 Å². The highest BCUT2D eigenvalue weighted by molar-refractivity contribution is 7.12. The molecule has 0 amide bonds. The van der Waals surface area contributed by atoms with Crippen molar-refractivity contribution >= 4 is 46.1 Å². The van der Waals surface area contributed by atoms with Crippen LogP contribution in [0.25, 0.3) is 11.6 Å². The highest BCUT2D eigenvalue weighted by Gasteiger charge is 2.23. The number of ketones is 1. The van der Waals surface area contributed by atoms with Gasteiger partial charge in [-0.2, -0.15) is 0 Å². The average Bonchev–Trinajstić information content (AvgIpc) is 3.39. The van der Waals surface area contributed by atoms with Gasteiger partial charge in [0.05, 0.1) is 12.7 Å². The molecule has 0 aliphatic rings. The maximum absolute atomic E-state index is 12.8. The summed E-state index contributed by atoms with van der Waals surface area (Å²) in [6.07, 6.45) is 0.904. The zero-order chi connectivity index (χ0) is 19.2. The molecule has 3 rings (SSSR count). The van der Waals surface area contributed by atoms with Crippen molar-refractivity contribution in [1.82, 2.24) is 0 Å². The van der Waals surface area contributed by atoms with Gasteiger partial charge in [0.2, 0.25) is 5.78 Å². The molecule has 0 fully saturated rings. The van der Waals surface area contributed by atoms with Gasteiger partial charge < -0.3 is 9.47 Å². The van der Waals surface area contributed by atoms with Gasteiger partial charge in [0.15, 0.2) is 6.10 Å². The molecular formula is C21H18O4S2. The number of benzene rings is 1. The van der Waals surface area contributed by atoms with Crippen molar-refractivity contribution in [3.8, 4) is 5.75 Å². The number of carbonyl (C=O) groups excluding carboxylic acids is 2. The number of carbonyl (C=O) groups is 2. The Morgan fingerprint density at radius 1 is 1.00 bits per heavy atom. The van der Waals surface area contributed by atoms with Gasteiger partial charge in [-0.25, -0.2) is 4.79 Å². The highest BCUT2D eigenvalue weighted by Crippen LogP contribution is 2.26. The predicted octanol–water partition coefficient (Wildman–Crippen LogP) is 5.17. The van der Waals surface area contributed by atoms with Crippen molar-refractivity contribution in [1.29, 1.82) is 0 Å². The Labute approximate surface area is 165 Å². The second kappa shape index (κ2) is 8.79. The molecule has 138 valence electrons. The second-order valence-corrected chi connectivity index (χ2v) is 7.62. The van der Waals surface area contributed by atoms with Gasteiger partial charge in [0, 0.05) is 15.3 Å². The fraction of sp³-hybridized carbons (Fsp3) is 0.143. The SMILES string of the molecule is COc1ccc(C(=O)[C@H](C)OC(=O)/C(=C/c2cccs2)c2cccs2)cc1. The van der Waals surface area contributed by atoms with E-state index in [-0.39, 0.29) is 5.78 Å². The fourth-order valence-corrected chi connectivity index (χ4v) is 3.83. The molecule has 0 radical (unpaired) electrons. The molecule has 0 unspecified atom stereocenters. The molecular weight excluding hydrogens is 380 g/mol. The standard InChI is InChI=1S/C21H18O4S2/c1-14(20(22)15-7-9-16(24-2)10-8-15)25-21(23)18(19-6-4-12-27-19)13-17-5-3-11-26-17/h3-14H,1-2H3/b18-13+/t14-/m0/s1. The van der Waals surface area contributed by atoms with Crippen molar-refractivity contribution in [2.45, 2.75) is 13.0 Å². The van der Waals surface area contributed by atoms with Crippen LogP contribution in [0, 0.1) is 0 Å². The maximum Gasteiger partial charge on any atom is 0.340 e. The summed E-state index contributed by atoms with van der Waals surface area (Å²) >= 11 is 2.99. The molecule has 2 aromatic heterocycles. The van der Waals surface area contributed by atoms with Gasteiger partial charge in [-0.3, -0.25) is 4.79 Å². The van der Waals surface area contributed by atoms with E-state index in [1.54, 1.807) is 44.4 Å². The Morgan fingerprint density at radius 3 is 2.30 bits per heavy atom. The third-order valence-electron chi connectivity index (χ3n) is 3.86. The lowest BCUT2D eigenvalue weighted by molar-refractivity contribution is -0.139. The van der Waals surface area contributed by atoms with Crippen LogP contribution in [-0.2, 0) is 9.53 Å². The molecule has 0 aliphatic carbocycles. The molecule has 0 N–H and O–H groups in total. The summed E-state index contributed by atoms with van der Waals surface area (Å²) in [7, 11) is 1.56. The van der Waals surface area contributed by atoms with Gasteiger partial charge in [0.1, 0.15) is 5.75 Å². The van der Waals surface area contributed by atoms with E-state index in [1.807, 2.05) is 35.0 Å². The fourth-order valence-electron chi connectivity index (χ4n) is 2.45. The second-order valence-electron chi connectivity index (χ2n) is 5.69. The normalized spacial score (nSPS) is 12.4. The number of thiophene rings is 2. The van der Waals surface area contributed by atoms with Gasteiger partial charge >= 0.3 is 5.97 Å². The van der Waals surface area contributed by atoms with Gasteiger partial charge in [0.25, 0.3) is 0 Å². The van der Waals surface area contributed by atoms with Crippen molar-refractivity contribution in [3.05, 3.63) is 74.6 Å². The van der Waals surface area contributed by atoms with Crippen molar-refractivity contribution < 1.29 is 19.1 Å². The number of ether oxygens (including phenoxy) is 2. The van der Waals surface area contributed by atoms with E-state index in [1.165, 1.54) is 22.7 Å². The molecule has 0 saturated carbocycles. The van der Waals surface area contributed by atoms with E-state index in [0.29, 0.717) is 16.9 Å². The monoisotopic (exact) mass is 398 g/mol. The van der Waals surface area contributed by atoms with Crippen LogP contribution in [0.2, 0.25) is 0 Å². The van der Waals surface area contributed by atoms with Crippen LogP contribution in [0.1, 0.15) is 27.0 Å². The molecule has 1 aromatic carbocycles. The summed E-state index contributed by atoms with van der Waals surface area (Å²) < 4.78 is 10.6. The molecule has 0 saturated heterocycles. The minimum absolute atomic E-state index is 0.257. The summed E-state index contributed by atoms with van der Waals surface area (Å²) in [5, 5.41) is 3.84. The van der Waals surface area contributed by atoms with Crippen molar-refractivity contribution in [2.24, 2.45) is 0 Å². The quantitative estimate of drug-likeness (QED) is 0.313. The Kier molecular flexibility index (Phi) is 6.21. The first-order chi connectivity index (χ1) is 13.1. The minimum Gasteiger partial charge on any atom is -0.497 e. The summed E-state index contributed by atoms with van der Waals surface area (Å²) in [5.74, 6) is -0.108. The van der Waals surface area contributed by atoms with Crippen LogP contribution in [0.5, 0.6) is 5.75 Å². The van der Waals surface area contributed by atoms with E-state index in [9.17, 15) is 9.59 Å². The van der Waals surface area contributed by atoms with Crippen LogP contribution in [0.15, 0.2) is 59.3 Å². The van der Waals surface area contributed by atoms with Crippen molar-refractivity contribution in [3.63, 3.8) is 0 Å². The molecule has 2 heterocycles. The number of Topliss-reactive ketones (excluding diaryl/α,β-unsaturated/α-hetero) is 1.